The molecule has 0 aliphatic carbocycles. The minimum absolute atomic E-state index is 0.170. The number of amides is 1. The van der Waals surface area contributed by atoms with Crippen LogP contribution in [0.3, 0.4) is 0 Å². The minimum atomic E-state index is -0.303. The average molecular weight is 366 g/mol. The first-order valence-electron chi connectivity index (χ1n) is 8.75. The van der Waals surface area contributed by atoms with E-state index < -0.39 is 0 Å². The zero-order chi connectivity index (χ0) is 19.4. The number of anilines is 1. The SMILES string of the molecule is CCC(C)n1nccc1NC(=O)c1ccc(=O)n(-c2ccc(OC)cc2)c1. The van der Waals surface area contributed by atoms with Crippen molar-refractivity contribution in [2.45, 2.75) is 26.3 Å². The molecule has 0 bridgehead atoms. The highest BCUT2D eigenvalue weighted by molar-refractivity contribution is 6.03. The van der Waals surface area contributed by atoms with Crippen molar-refractivity contribution in [2.24, 2.45) is 0 Å². The first-order valence-corrected chi connectivity index (χ1v) is 8.75. The fourth-order valence-corrected chi connectivity index (χ4v) is 2.69. The van der Waals surface area contributed by atoms with Gasteiger partial charge in [0.2, 0.25) is 0 Å². The van der Waals surface area contributed by atoms with Crippen LogP contribution in [0.1, 0.15) is 36.7 Å². The number of carbonyl (C=O) groups excluding carboxylic acids is 1. The summed E-state index contributed by atoms with van der Waals surface area (Å²) < 4.78 is 8.34. The van der Waals surface area contributed by atoms with Gasteiger partial charge in [-0.25, -0.2) is 4.68 Å². The van der Waals surface area contributed by atoms with Gasteiger partial charge >= 0.3 is 0 Å². The van der Waals surface area contributed by atoms with Crippen molar-refractivity contribution in [3.05, 3.63) is 70.8 Å². The Morgan fingerprint density at radius 2 is 1.93 bits per heavy atom. The van der Waals surface area contributed by atoms with Crippen molar-refractivity contribution in [3.8, 4) is 11.4 Å². The highest BCUT2D eigenvalue weighted by atomic mass is 16.5. The van der Waals surface area contributed by atoms with E-state index in [0.29, 0.717) is 22.8 Å². The molecule has 0 saturated carbocycles. The van der Waals surface area contributed by atoms with E-state index in [1.165, 1.54) is 22.9 Å². The third-order valence-corrected chi connectivity index (χ3v) is 4.44. The third-order valence-electron chi connectivity index (χ3n) is 4.44. The lowest BCUT2D eigenvalue weighted by Crippen LogP contribution is -2.22. The van der Waals surface area contributed by atoms with Crippen LogP contribution in [0.5, 0.6) is 5.75 Å². The first-order chi connectivity index (χ1) is 13.0. The molecular formula is C20H22N4O3. The second-order valence-corrected chi connectivity index (χ2v) is 6.20. The number of aromatic nitrogens is 3. The lowest BCUT2D eigenvalue weighted by molar-refractivity contribution is 0.102. The molecule has 0 spiro atoms. The maximum absolute atomic E-state index is 12.7. The number of nitrogens with zero attached hydrogens (tertiary/aromatic N) is 3. The summed E-state index contributed by atoms with van der Waals surface area (Å²) in [6.45, 7) is 4.09. The van der Waals surface area contributed by atoms with Gasteiger partial charge in [0.25, 0.3) is 11.5 Å². The van der Waals surface area contributed by atoms with Gasteiger partial charge in [-0.15, -0.1) is 0 Å². The van der Waals surface area contributed by atoms with Crippen LogP contribution in [0.4, 0.5) is 5.82 Å². The molecule has 1 atom stereocenters. The molecule has 3 aromatic rings. The smallest absolute Gasteiger partial charge is 0.258 e. The quantitative estimate of drug-likeness (QED) is 0.726. The highest BCUT2D eigenvalue weighted by Crippen LogP contribution is 2.18. The number of pyridine rings is 1. The normalized spacial score (nSPS) is 11.8. The minimum Gasteiger partial charge on any atom is -0.497 e. The molecule has 1 aromatic carbocycles. The van der Waals surface area contributed by atoms with Gasteiger partial charge in [-0.05, 0) is 43.7 Å². The maximum Gasteiger partial charge on any atom is 0.258 e. The van der Waals surface area contributed by atoms with Crippen LogP contribution in [-0.2, 0) is 0 Å². The van der Waals surface area contributed by atoms with Crippen molar-refractivity contribution < 1.29 is 9.53 Å². The fraction of sp³-hybridized carbons (Fsp3) is 0.250. The number of hydrogen-bond donors (Lipinski definition) is 1. The van der Waals surface area contributed by atoms with E-state index in [2.05, 4.69) is 17.3 Å². The predicted octanol–water partition coefficient (Wildman–Crippen LogP) is 3.27. The molecule has 2 heterocycles. The van der Waals surface area contributed by atoms with E-state index in [-0.39, 0.29) is 17.5 Å². The van der Waals surface area contributed by atoms with Crippen molar-refractivity contribution in [1.29, 1.82) is 0 Å². The zero-order valence-corrected chi connectivity index (χ0v) is 15.5. The predicted molar refractivity (Wildman–Crippen MR) is 104 cm³/mol. The van der Waals surface area contributed by atoms with Crippen molar-refractivity contribution in [1.82, 2.24) is 14.3 Å². The number of carbonyl (C=O) groups is 1. The van der Waals surface area contributed by atoms with E-state index >= 15 is 0 Å². The summed E-state index contributed by atoms with van der Waals surface area (Å²) in [5, 5.41) is 7.13. The molecule has 1 N–H and O–H groups in total. The second kappa shape index (κ2) is 7.90. The van der Waals surface area contributed by atoms with Gasteiger partial charge < -0.3 is 10.1 Å². The van der Waals surface area contributed by atoms with Gasteiger partial charge in [0.15, 0.2) is 0 Å². The number of methoxy groups -OCH3 is 1. The molecule has 140 valence electrons. The summed E-state index contributed by atoms with van der Waals surface area (Å²) >= 11 is 0. The molecule has 0 fully saturated rings. The summed E-state index contributed by atoms with van der Waals surface area (Å²) in [6, 6.07) is 11.9. The van der Waals surface area contributed by atoms with Crippen LogP contribution in [-0.4, -0.2) is 27.4 Å². The van der Waals surface area contributed by atoms with E-state index in [4.69, 9.17) is 4.74 Å². The summed E-state index contributed by atoms with van der Waals surface area (Å²) in [7, 11) is 1.58. The van der Waals surface area contributed by atoms with E-state index in [1.54, 1.807) is 48.3 Å². The van der Waals surface area contributed by atoms with Gasteiger partial charge in [0.1, 0.15) is 11.6 Å². The van der Waals surface area contributed by atoms with Crippen LogP contribution < -0.4 is 15.6 Å². The fourth-order valence-electron chi connectivity index (χ4n) is 2.69. The Hall–Kier alpha value is -3.35. The van der Waals surface area contributed by atoms with E-state index in [0.717, 1.165) is 6.42 Å². The average Bonchev–Trinajstić information content (AvgIpc) is 3.16. The number of rotatable bonds is 6. The summed E-state index contributed by atoms with van der Waals surface area (Å²) in [4.78, 5) is 24.9. The molecule has 1 amide bonds. The summed E-state index contributed by atoms with van der Waals surface area (Å²) in [5.74, 6) is 1.01. The molecule has 7 nitrogen and oxygen atoms in total. The van der Waals surface area contributed by atoms with Crippen molar-refractivity contribution in [3.63, 3.8) is 0 Å². The van der Waals surface area contributed by atoms with Gasteiger partial charge in [-0.3, -0.25) is 14.2 Å². The topological polar surface area (TPSA) is 78.2 Å². The number of nitrogens with one attached hydrogen (secondary N) is 1. The Kier molecular flexibility index (Phi) is 5.40. The van der Waals surface area contributed by atoms with Gasteiger partial charge in [0, 0.05) is 24.0 Å². The van der Waals surface area contributed by atoms with Crippen molar-refractivity contribution >= 4 is 11.7 Å². The molecular weight excluding hydrogens is 344 g/mol. The Balaban J connectivity index is 1.88. The number of hydrogen-bond acceptors (Lipinski definition) is 4. The molecule has 27 heavy (non-hydrogen) atoms. The molecule has 3 rings (SSSR count). The maximum atomic E-state index is 12.7. The Morgan fingerprint density at radius 3 is 2.59 bits per heavy atom. The molecule has 0 aliphatic rings. The zero-order valence-electron chi connectivity index (χ0n) is 15.5. The Morgan fingerprint density at radius 1 is 1.19 bits per heavy atom. The lowest BCUT2D eigenvalue weighted by Gasteiger charge is -2.14. The van der Waals surface area contributed by atoms with Crippen molar-refractivity contribution in [2.75, 3.05) is 12.4 Å². The molecule has 0 aliphatic heterocycles. The first kappa shape index (κ1) is 18.4. The standard InChI is InChI=1S/C20H22N4O3/c1-4-14(2)24-18(11-12-21-24)22-20(26)15-5-10-19(25)23(13-15)16-6-8-17(27-3)9-7-16/h5-14H,4H2,1-3H3,(H,22,26). The largest absolute Gasteiger partial charge is 0.497 e. The van der Waals surface area contributed by atoms with Crippen LogP contribution in [0, 0.1) is 0 Å². The van der Waals surface area contributed by atoms with Gasteiger partial charge in [0.05, 0.1) is 24.9 Å². The summed E-state index contributed by atoms with van der Waals surface area (Å²) in [5.41, 5.74) is 0.809. The van der Waals surface area contributed by atoms with Gasteiger partial charge in [-0.2, -0.15) is 5.10 Å². The van der Waals surface area contributed by atoms with Gasteiger partial charge in [-0.1, -0.05) is 6.92 Å². The lowest BCUT2D eigenvalue weighted by atomic mass is 10.2. The molecule has 1 unspecified atom stereocenters. The third kappa shape index (κ3) is 3.92. The molecule has 0 saturated heterocycles. The molecule has 7 heteroatoms. The highest BCUT2D eigenvalue weighted by Gasteiger charge is 2.14. The number of benzene rings is 1. The Bertz CT molecular complexity index is 989. The van der Waals surface area contributed by atoms with E-state index in [1.807, 2.05) is 6.92 Å². The van der Waals surface area contributed by atoms with Crippen LogP contribution >= 0.6 is 0 Å². The molecule has 0 radical (unpaired) electrons. The number of ether oxygens (including phenoxy) is 1. The summed E-state index contributed by atoms with van der Waals surface area (Å²) in [6.07, 6.45) is 4.08. The molecule has 2 aromatic heterocycles. The van der Waals surface area contributed by atoms with Crippen LogP contribution in [0.2, 0.25) is 0 Å². The monoisotopic (exact) mass is 366 g/mol. The second-order valence-electron chi connectivity index (χ2n) is 6.20. The van der Waals surface area contributed by atoms with Crippen LogP contribution in [0.25, 0.3) is 5.69 Å². The van der Waals surface area contributed by atoms with E-state index in [9.17, 15) is 9.59 Å². The Labute approximate surface area is 157 Å². The van der Waals surface area contributed by atoms with Crippen LogP contribution in [0.15, 0.2) is 59.7 Å².